The fourth-order valence-electron chi connectivity index (χ4n) is 3.50. The second-order valence-electron chi connectivity index (χ2n) is 7.13. The number of fused-ring (bicyclic) bond motifs is 2. The van der Waals surface area contributed by atoms with Crippen LogP contribution in [0.5, 0.6) is 5.75 Å². The molecule has 11 heteroatoms. The molecule has 2 aliphatic rings. The number of benzene rings is 1. The van der Waals surface area contributed by atoms with Gasteiger partial charge in [-0.3, -0.25) is 19.2 Å². The van der Waals surface area contributed by atoms with Crippen LogP contribution >= 0.6 is 15.9 Å². The maximum absolute atomic E-state index is 12.7. The highest BCUT2D eigenvalue weighted by molar-refractivity contribution is 9.11. The maximum Gasteiger partial charge on any atom is 0.310 e. The second-order valence-corrected chi connectivity index (χ2v) is 8.09. The first-order chi connectivity index (χ1) is 15.4. The van der Waals surface area contributed by atoms with Gasteiger partial charge in [-0.2, -0.15) is 0 Å². The number of anilines is 1. The lowest BCUT2D eigenvalue weighted by molar-refractivity contribution is -0.141. The van der Waals surface area contributed by atoms with Crippen LogP contribution in [0.3, 0.4) is 0 Å². The Balaban J connectivity index is 1.47. The van der Waals surface area contributed by atoms with Crippen molar-refractivity contribution >= 4 is 45.0 Å². The van der Waals surface area contributed by atoms with Crippen LogP contribution in [0.4, 0.5) is 5.69 Å². The minimum Gasteiger partial charge on any atom is -0.482 e. The summed E-state index contributed by atoms with van der Waals surface area (Å²) >= 11 is 3.39. The number of esters is 1. The van der Waals surface area contributed by atoms with Crippen molar-refractivity contribution < 1.29 is 23.9 Å². The molecule has 0 atom stereocenters. The number of rotatable bonds is 6. The summed E-state index contributed by atoms with van der Waals surface area (Å²) in [6.45, 7) is 2.07. The molecule has 1 aliphatic carbocycles. The molecule has 0 fully saturated rings. The van der Waals surface area contributed by atoms with Gasteiger partial charge < -0.3 is 25.1 Å². The zero-order valence-corrected chi connectivity index (χ0v) is 18.6. The Morgan fingerprint density at radius 1 is 1.31 bits per heavy atom. The summed E-state index contributed by atoms with van der Waals surface area (Å²) in [5.41, 5.74) is 1.97. The molecule has 0 spiro atoms. The number of aromatic amines is 1. The third-order valence-electron chi connectivity index (χ3n) is 4.92. The van der Waals surface area contributed by atoms with Gasteiger partial charge in [0.1, 0.15) is 5.75 Å². The van der Waals surface area contributed by atoms with Gasteiger partial charge in [-0.05, 0) is 30.2 Å². The van der Waals surface area contributed by atoms with Gasteiger partial charge in [0.25, 0.3) is 17.4 Å². The second kappa shape index (κ2) is 8.95. The number of nitrogens with zero attached hydrogens (tertiary/aromatic N) is 1. The van der Waals surface area contributed by atoms with Crippen LogP contribution in [0.1, 0.15) is 40.8 Å². The van der Waals surface area contributed by atoms with Crippen LogP contribution in [-0.2, 0) is 27.3 Å². The number of carbonyl (C=O) groups excluding carboxylic acids is 3. The van der Waals surface area contributed by atoms with Crippen molar-refractivity contribution in [2.45, 2.75) is 26.3 Å². The summed E-state index contributed by atoms with van der Waals surface area (Å²) in [5, 5.41) is 5.40. The molecule has 1 aromatic carbocycles. The first-order valence-electron chi connectivity index (χ1n) is 9.86. The van der Waals surface area contributed by atoms with Crippen molar-refractivity contribution in [1.29, 1.82) is 0 Å². The fraction of sp³-hybridized carbons (Fsp3) is 0.286. The molecule has 1 aliphatic heterocycles. The molecule has 4 rings (SSSR count). The van der Waals surface area contributed by atoms with Crippen LogP contribution < -0.4 is 20.9 Å². The molecule has 2 heterocycles. The van der Waals surface area contributed by atoms with E-state index in [2.05, 4.69) is 36.5 Å². The molecule has 32 heavy (non-hydrogen) atoms. The number of amides is 2. The van der Waals surface area contributed by atoms with Crippen LogP contribution in [0.15, 0.2) is 27.5 Å². The minimum atomic E-state index is -0.558. The zero-order chi connectivity index (χ0) is 22.8. The van der Waals surface area contributed by atoms with E-state index in [0.717, 1.165) is 5.56 Å². The average molecular weight is 503 g/mol. The minimum absolute atomic E-state index is 0.0348. The lowest BCUT2D eigenvalue weighted by Crippen LogP contribution is -2.29. The van der Waals surface area contributed by atoms with Crippen molar-refractivity contribution in [1.82, 2.24) is 15.3 Å². The SMILES string of the molecule is CCOC(=O)CC1=C(Br)Cc2nc(C(=O)NCc3ccc4c(c3)NC(=O)CO4)[nH]c(=O)c21. The number of hydrogen-bond acceptors (Lipinski definition) is 7. The number of allylic oxidation sites excluding steroid dienone is 1. The van der Waals surface area contributed by atoms with Crippen molar-refractivity contribution in [3.63, 3.8) is 0 Å². The van der Waals surface area contributed by atoms with E-state index >= 15 is 0 Å². The van der Waals surface area contributed by atoms with Crippen molar-refractivity contribution in [2.24, 2.45) is 0 Å². The van der Waals surface area contributed by atoms with E-state index in [1.165, 1.54) is 0 Å². The van der Waals surface area contributed by atoms with Crippen molar-refractivity contribution in [3.8, 4) is 5.75 Å². The largest absolute Gasteiger partial charge is 0.482 e. The van der Waals surface area contributed by atoms with Gasteiger partial charge in [0.2, 0.25) is 0 Å². The molecule has 0 bridgehead atoms. The molecule has 2 amide bonds. The number of hydrogen-bond donors (Lipinski definition) is 3. The van der Waals surface area contributed by atoms with Crippen LogP contribution in [0.2, 0.25) is 0 Å². The standard InChI is InChI=1S/C21H19BrN4O6/c1-2-31-17(28)6-11-12(22)7-14-18(11)20(29)26-19(25-14)21(30)23-8-10-3-4-15-13(5-10)24-16(27)9-32-15/h3-5H,2,6-9H2,1H3,(H,23,30)(H,24,27)(H,25,26,29). The summed E-state index contributed by atoms with van der Waals surface area (Å²) in [4.78, 5) is 55.4. The van der Waals surface area contributed by atoms with Gasteiger partial charge in [-0.1, -0.05) is 22.0 Å². The quantitative estimate of drug-likeness (QED) is 0.510. The van der Waals surface area contributed by atoms with Crippen molar-refractivity contribution in [2.75, 3.05) is 18.5 Å². The molecule has 3 N–H and O–H groups in total. The molecule has 0 saturated heterocycles. The van der Waals surface area contributed by atoms with Crippen LogP contribution in [-0.4, -0.2) is 41.0 Å². The van der Waals surface area contributed by atoms with Crippen molar-refractivity contribution in [3.05, 3.63) is 55.7 Å². The topological polar surface area (TPSA) is 139 Å². The zero-order valence-electron chi connectivity index (χ0n) is 17.0. The molecular formula is C21H19BrN4O6. The summed E-state index contributed by atoms with van der Waals surface area (Å²) in [5.74, 6) is -0.819. The lowest BCUT2D eigenvalue weighted by atomic mass is 10.1. The molecular weight excluding hydrogens is 484 g/mol. The molecule has 10 nitrogen and oxygen atoms in total. The monoisotopic (exact) mass is 502 g/mol. The molecule has 0 unspecified atom stereocenters. The van der Waals surface area contributed by atoms with E-state index < -0.39 is 17.4 Å². The normalized spacial score (nSPS) is 14.2. The highest BCUT2D eigenvalue weighted by Gasteiger charge is 2.28. The summed E-state index contributed by atoms with van der Waals surface area (Å²) in [6, 6.07) is 5.17. The molecule has 1 aromatic heterocycles. The van der Waals surface area contributed by atoms with Gasteiger partial charge in [0.05, 0.1) is 30.0 Å². The fourth-order valence-corrected chi connectivity index (χ4v) is 4.11. The third-order valence-corrected chi connectivity index (χ3v) is 5.68. The Morgan fingerprint density at radius 2 is 2.12 bits per heavy atom. The average Bonchev–Trinajstić information content (AvgIpc) is 3.07. The molecule has 0 saturated carbocycles. The van der Waals surface area contributed by atoms with Crippen LogP contribution in [0, 0.1) is 0 Å². The lowest BCUT2D eigenvalue weighted by Gasteiger charge is -2.18. The van der Waals surface area contributed by atoms with E-state index in [4.69, 9.17) is 9.47 Å². The Bertz CT molecular complexity index is 1220. The first kappa shape index (κ1) is 21.8. The molecule has 166 valence electrons. The first-order valence-corrected chi connectivity index (χ1v) is 10.7. The van der Waals surface area contributed by atoms with Gasteiger partial charge in [0, 0.05) is 17.4 Å². The van der Waals surface area contributed by atoms with Gasteiger partial charge in [-0.15, -0.1) is 0 Å². The number of aromatic nitrogens is 2. The number of H-pyrrole nitrogens is 1. The van der Waals surface area contributed by atoms with E-state index in [-0.39, 0.29) is 43.5 Å². The Morgan fingerprint density at radius 3 is 2.91 bits per heavy atom. The number of carbonyl (C=O) groups is 3. The Kier molecular flexibility index (Phi) is 6.08. The Hall–Kier alpha value is -3.47. The third kappa shape index (κ3) is 4.42. The summed E-state index contributed by atoms with van der Waals surface area (Å²) < 4.78 is 10.9. The predicted molar refractivity (Wildman–Crippen MR) is 117 cm³/mol. The highest BCUT2D eigenvalue weighted by atomic mass is 79.9. The number of nitrogens with one attached hydrogen (secondary N) is 3. The molecule has 2 aromatic rings. The smallest absolute Gasteiger partial charge is 0.310 e. The van der Waals surface area contributed by atoms with Gasteiger partial charge >= 0.3 is 5.97 Å². The van der Waals surface area contributed by atoms with E-state index in [9.17, 15) is 19.2 Å². The summed E-state index contributed by atoms with van der Waals surface area (Å²) in [7, 11) is 0. The number of halogens is 1. The Labute approximate surface area is 190 Å². The predicted octanol–water partition coefficient (Wildman–Crippen LogP) is 1.65. The van der Waals surface area contributed by atoms with Gasteiger partial charge in [0.15, 0.2) is 12.4 Å². The van der Waals surface area contributed by atoms with Crippen LogP contribution in [0.25, 0.3) is 5.57 Å². The van der Waals surface area contributed by atoms with Gasteiger partial charge in [-0.25, -0.2) is 4.98 Å². The maximum atomic E-state index is 12.7. The van der Waals surface area contributed by atoms with E-state index in [0.29, 0.717) is 33.6 Å². The highest BCUT2D eigenvalue weighted by Crippen LogP contribution is 2.35. The van der Waals surface area contributed by atoms with E-state index in [1.807, 2.05) is 0 Å². The number of ether oxygens (including phenoxy) is 2. The summed E-state index contributed by atoms with van der Waals surface area (Å²) in [6.07, 6.45) is 0.245. The van der Waals surface area contributed by atoms with E-state index in [1.54, 1.807) is 25.1 Å². The molecule has 0 radical (unpaired) electrons.